The number of carboxylic acids is 2. The van der Waals surface area contributed by atoms with Gasteiger partial charge >= 0.3 is 11.9 Å². The minimum Gasteiger partial charge on any atom is -0.477 e. The van der Waals surface area contributed by atoms with Crippen molar-refractivity contribution in [2.24, 2.45) is 0 Å². The summed E-state index contributed by atoms with van der Waals surface area (Å²) in [5.41, 5.74) is 0.162. The zero-order valence-corrected chi connectivity index (χ0v) is 11.7. The molecule has 0 aromatic carbocycles. The zero-order valence-electron chi connectivity index (χ0n) is 10.0. The summed E-state index contributed by atoms with van der Waals surface area (Å²) >= 11 is 0. The van der Waals surface area contributed by atoms with Crippen molar-refractivity contribution in [3.05, 3.63) is 60.2 Å². The SMILES string of the molecule is Cl.Cl.O=C(O)c1ccccn1.O=C(O)c1ccccn1. The fraction of sp³-hybridized carbons (Fsp3) is 0. The lowest BCUT2D eigenvalue weighted by molar-refractivity contribution is 0.0680. The molecule has 0 saturated heterocycles. The highest BCUT2D eigenvalue weighted by Gasteiger charge is 1.99. The molecular formula is C12H12Cl2N2O4. The number of hydrogen-bond acceptors (Lipinski definition) is 4. The molecule has 0 atom stereocenters. The highest BCUT2D eigenvalue weighted by Crippen LogP contribution is 1.91. The number of nitrogens with zero attached hydrogens (tertiary/aromatic N) is 2. The van der Waals surface area contributed by atoms with E-state index < -0.39 is 11.9 Å². The van der Waals surface area contributed by atoms with Crippen molar-refractivity contribution >= 4 is 36.8 Å². The molecule has 0 aliphatic rings. The van der Waals surface area contributed by atoms with Gasteiger partial charge in [-0.05, 0) is 24.3 Å². The summed E-state index contributed by atoms with van der Waals surface area (Å²) in [7, 11) is 0. The molecule has 2 heterocycles. The Morgan fingerprint density at radius 3 is 1.25 bits per heavy atom. The normalized spacial score (nSPS) is 8.00. The van der Waals surface area contributed by atoms with Crippen LogP contribution in [0.2, 0.25) is 0 Å². The van der Waals surface area contributed by atoms with Crippen molar-refractivity contribution < 1.29 is 19.8 Å². The van der Waals surface area contributed by atoms with Crippen LogP contribution in [0.4, 0.5) is 0 Å². The second-order valence-corrected chi connectivity index (χ2v) is 3.04. The molecule has 0 radical (unpaired) electrons. The number of hydrogen-bond donors (Lipinski definition) is 2. The smallest absolute Gasteiger partial charge is 0.354 e. The second kappa shape index (κ2) is 10.7. The quantitative estimate of drug-likeness (QED) is 0.881. The number of pyridine rings is 2. The lowest BCUT2D eigenvalue weighted by Gasteiger charge is -1.87. The molecule has 0 aliphatic heterocycles. The van der Waals surface area contributed by atoms with Gasteiger partial charge in [0.2, 0.25) is 0 Å². The van der Waals surface area contributed by atoms with Crippen LogP contribution in [0.25, 0.3) is 0 Å². The van der Waals surface area contributed by atoms with Crippen LogP contribution in [-0.2, 0) is 0 Å². The van der Waals surface area contributed by atoms with Crippen LogP contribution in [0.3, 0.4) is 0 Å². The molecule has 0 bridgehead atoms. The highest BCUT2D eigenvalue weighted by atomic mass is 35.5. The van der Waals surface area contributed by atoms with E-state index in [0.717, 1.165) is 0 Å². The first-order valence-corrected chi connectivity index (χ1v) is 4.90. The first-order valence-electron chi connectivity index (χ1n) is 4.90. The third-order valence-corrected chi connectivity index (χ3v) is 1.77. The second-order valence-electron chi connectivity index (χ2n) is 3.04. The van der Waals surface area contributed by atoms with Crippen molar-refractivity contribution in [3.63, 3.8) is 0 Å². The minimum atomic E-state index is -0.990. The van der Waals surface area contributed by atoms with E-state index in [1.165, 1.54) is 24.5 Å². The molecule has 6 nitrogen and oxygen atoms in total. The maximum atomic E-state index is 10.1. The van der Waals surface area contributed by atoms with E-state index in [-0.39, 0.29) is 36.2 Å². The fourth-order valence-corrected chi connectivity index (χ4v) is 0.979. The Morgan fingerprint density at radius 2 is 1.10 bits per heavy atom. The average Bonchev–Trinajstić information content (AvgIpc) is 2.41. The molecule has 20 heavy (non-hydrogen) atoms. The summed E-state index contributed by atoms with van der Waals surface area (Å²) < 4.78 is 0. The monoisotopic (exact) mass is 318 g/mol. The molecule has 0 amide bonds. The van der Waals surface area contributed by atoms with Gasteiger partial charge in [0.25, 0.3) is 0 Å². The van der Waals surface area contributed by atoms with E-state index in [1.807, 2.05) is 0 Å². The Balaban J connectivity index is 0. The van der Waals surface area contributed by atoms with Crippen molar-refractivity contribution in [2.75, 3.05) is 0 Å². The van der Waals surface area contributed by atoms with E-state index in [0.29, 0.717) is 0 Å². The maximum Gasteiger partial charge on any atom is 0.354 e. The molecular weight excluding hydrogens is 307 g/mol. The average molecular weight is 319 g/mol. The molecule has 0 unspecified atom stereocenters. The summed E-state index contributed by atoms with van der Waals surface area (Å²) in [6.45, 7) is 0. The number of rotatable bonds is 2. The van der Waals surface area contributed by atoms with Gasteiger partial charge in [-0.3, -0.25) is 0 Å². The molecule has 2 aromatic heterocycles. The van der Waals surface area contributed by atoms with Gasteiger partial charge in [0, 0.05) is 12.4 Å². The first-order chi connectivity index (χ1) is 8.61. The van der Waals surface area contributed by atoms with Crippen molar-refractivity contribution in [3.8, 4) is 0 Å². The molecule has 2 N–H and O–H groups in total. The number of carbonyl (C=O) groups is 2. The summed E-state index contributed by atoms with van der Waals surface area (Å²) in [5.74, 6) is -1.98. The highest BCUT2D eigenvalue weighted by molar-refractivity contribution is 5.86. The van der Waals surface area contributed by atoms with Crippen LogP contribution < -0.4 is 0 Å². The Bertz CT molecular complexity index is 474. The van der Waals surface area contributed by atoms with Crippen LogP contribution in [0.1, 0.15) is 21.0 Å². The summed E-state index contributed by atoms with van der Waals surface area (Å²) in [5, 5.41) is 16.6. The van der Waals surface area contributed by atoms with Gasteiger partial charge < -0.3 is 10.2 Å². The molecule has 0 spiro atoms. The van der Waals surface area contributed by atoms with Gasteiger partial charge in [0.1, 0.15) is 11.4 Å². The Kier molecular flexibility index (Phi) is 10.8. The van der Waals surface area contributed by atoms with Crippen LogP contribution in [0.5, 0.6) is 0 Å². The molecule has 2 aromatic rings. The van der Waals surface area contributed by atoms with Crippen molar-refractivity contribution in [1.82, 2.24) is 9.97 Å². The molecule has 2 rings (SSSR count). The summed E-state index contributed by atoms with van der Waals surface area (Å²) in [4.78, 5) is 27.4. The molecule has 0 fully saturated rings. The lowest BCUT2D eigenvalue weighted by atomic mass is 10.4. The minimum absolute atomic E-state index is 0. The number of aromatic nitrogens is 2. The van der Waals surface area contributed by atoms with Gasteiger partial charge in [-0.1, -0.05) is 12.1 Å². The molecule has 0 saturated carbocycles. The summed E-state index contributed by atoms with van der Waals surface area (Å²) in [6.07, 6.45) is 2.90. The zero-order chi connectivity index (χ0) is 13.4. The van der Waals surface area contributed by atoms with Gasteiger partial charge in [0.05, 0.1) is 0 Å². The lowest BCUT2D eigenvalue weighted by Crippen LogP contribution is -1.97. The van der Waals surface area contributed by atoms with Gasteiger partial charge in [0.15, 0.2) is 0 Å². The maximum absolute atomic E-state index is 10.1. The fourth-order valence-electron chi connectivity index (χ4n) is 0.979. The largest absolute Gasteiger partial charge is 0.477 e. The third kappa shape index (κ3) is 7.30. The molecule has 108 valence electrons. The standard InChI is InChI=1S/2C6H5NO2.2ClH/c2*8-6(9)5-3-1-2-4-7-5;;/h2*1-4H,(H,8,9);2*1H. The molecule has 8 heteroatoms. The van der Waals surface area contributed by atoms with Gasteiger partial charge in [-0.15, -0.1) is 24.8 Å². The van der Waals surface area contributed by atoms with E-state index >= 15 is 0 Å². The third-order valence-electron chi connectivity index (χ3n) is 1.77. The van der Waals surface area contributed by atoms with E-state index in [4.69, 9.17) is 10.2 Å². The van der Waals surface area contributed by atoms with Gasteiger partial charge in [-0.25, -0.2) is 19.6 Å². The molecule has 0 aliphatic carbocycles. The van der Waals surface area contributed by atoms with Crippen LogP contribution in [0, 0.1) is 0 Å². The van der Waals surface area contributed by atoms with E-state index in [9.17, 15) is 9.59 Å². The first kappa shape index (κ1) is 20.1. The predicted molar refractivity (Wildman–Crippen MR) is 76.9 cm³/mol. The Hall–Kier alpha value is -2.18. The van der Waals surface area contributed by atoms with E-state index in [2.05, 4.69) is 9.97 Å². The van der Waals surface area contributed by atoms with Crippen LogP contribution in [0.15, 0.2) is 48.8 Å². The Morgan fingerprint density at radius 1 is 0.750 bits per heavy atom. The van der Waals surface area contributed by atoms with Crippen molar-refractivity contribution in [2.45, 2.75) is 0 Å². The van der Waals surface area contributed by atoms with Crippen molar-refractivity contribution in [1.29, 1.82) is 0 Å². The number of aromatic carboxylic acids is 2. The van der Waals surface area contributed by atoms with Crippen LogP contribution >= 0.6 is 24.8 Å². The van der Waals surface area contributed by atoms with E-state index in [1.54, 1.807) is 24.3 Å². The van der Waals surface area contributed by atoms with Crippen LogP contribution in [-0.4, -0.2) is 32.1 Å². The topological polar surface area (TPSA) is 100 Å². The summed E-state index contributed by atoms with van der Waals surface area (Å²) in [6, 6.07) is 9.51. The predicted octanol–water partition coefficient (Wildman–Crippen LogP) is 2.40. The Labute approximate surface area is 127 Å². The number of halogens is 2. The van der Waals surface area contributed by atoms with Gasteiger partial charge in [-0.2, -0.15) is 0 Å². The number of carboxylic acid groups (broad SMARTS) is 2.